The summed E-state index contributed by atoms with van der Waals surface area (Å²) in [5.41, 5.74) is 3.15. The molecular formula is C14H19N5. The standard InChI is InChI=1S/C14H19N5/c1-9-7-10(2)16-14(15-9)17-13-8-12(18-19-13)11-5-3-4-6-11/h7-8,11H,3-6H2,1-2H3,(H2,15,16,17,18,19). The van der Waals surface area contributed by atoms with Gasteiger partial charge in [0.2, 0.25) is 5.95 Å². The van der Waals surface area contributed by atoms with Crippen LogP contribution in [0.4, 0.5) is 11.8 Å². The molecule has 0 radical (unpaired) electrons. The van der Waals surface area contributed by atoms with Crippen molar-refractivity contribution >= 4 is 11.8 Å². The van der Waals surface area contributed by atoms with Crippen LogP contribution >= 0.6 is 0 Å². The lowest BCUT2D eigenvalue weighted by Gasteiger charge is -2.04. The molecule has 0 aromatic carbocycles. The molecule has 0 amide bonds. The van der Waals surface area contributed by atoms with Gasteiger partial charge in [0.25, 0.3) is 0 Å². The molecule has 0 aliphatic heterocycles. The molecule has 0 saturated heterocycles. The summed E-state index contributed by atoms with van der Waals surface area (Å²) in [7, 11) is 0. The minimum Gasteiger partial charge on any atom is -0.307 e. The van der Waals surface area contributed by atoms with Gasteiger partial charge in [-0.05, 0) is 32.8 Å². The summed E-state index contributed by atoms with van der Waals surface area (Å²) in [5.74, 6) is 2.05. The van der Waals surface area contributed by atoms with Gasteiger partial charge in [0.05, 0.1) is 0 Å². The SMILES string of the molecule is Cc1cc(C)nc(Nc2cc(C3CCCC3)[nH]n2)n1. The molecule has 2 N–H and O–H groups in total. The first kappa shape index (κ1) is 12.1. The van der Waals surface area contributed by atoms with Gasteiger partial charge in [-0.3, -0.25) is 5.10 Å². The van der Waals surface area contributed by atoms with Crippen molar-refractivity contribution in [2.45, 2.75) is 45.4 Å². The van der Waals surface area contributed by atoms with E-state index in [9.17, 15) is 0 Å². The quantitative estimate of drug-likeness (QED) is 0.886. The van der Waals surface area contributed by atoms with Gasteiger partial charge in [0.15, 0.2) is 5.82 Å². The zero-order chi connectivity index (χ0) is 13.2. The molecule has 2 aromatic heterocycles. The highest BCUT2D eigenvalue weighted by molar-refractivity contribution is 5.48. The molecule has 0 unspecified atom stereocenters. The number of hydrogen-bond donors (Lipinski definition) is 2. The summed E-state index contributed by atoms with van der Waals surface area (Å²) in [4.78, 5) is 8.72. The third-order valence-electron chi connectivity index (χ3n) is 3.61. The van der Waals surface area contributed by atoms with E-state index in [0.29, 0.717) is 11.9 Å². The van der Waals surface area contributed by atoms with Crippen molar-refractivity contribution in [2.75, 3.05) is 5.32 Å². The molecule has 5 heteroatoms. The highest BCUT2D eigenvalue weighted by atomic mass is 15.2. The van der Waals surface area contributed by atoms with Gasteiger partial charge in [-0.15, -0.1) is 0 Å². The lowest BCUT2D eigenvalue weighted by atomic mass is 10.0. The van der Waals surface area contributed by atoms with Crippen LogP contribution in [0.3, 0.4) is 0 Å². The van der Waals surface area contributed by atoms with Crippen molar-refractivity contribution in [1.82, 2.24) is 20.2 Å². The highest BCUT2D eigenvalue weighted by Crippen LogP contribution is 2.33. The molecule has 0 bridgehead atoms. The molecule has 5 nitrogen and oxygen atoms in total. The van der Waals surface area contributed by atoms with Crippen LogP contribution < -0.4 is 5.32 Å². The summed E-state index contributed by atoms with van der Waals surface area (Å²) in [6, 6.07) is 4.04. The Morgan fingerprint density at radius 2 is 1.79 bits per heavy atom. The van der Waals surface area contributed by atoms with Gasteiger partial charge in [-0.1, -0.05) is 12.8 Å². The third kappa shape index (κ3) is 2.75. The number of rotatable bonds is 3. The first-order valence-corrected chi connectivity index (χ1v) is 6.85. The molecule has 3 rings (SSSR count). The van der Waals surface area contributed by atoms with E-state index in [4.69, 9.17) is 0 Å². The molecule has 0 atom stereocenters. The largest absolute Gasteiger partial charge is 0.307 e. The second-order valence-corrected chi connectivity index (χ2v) is 5.29. The normalized spacial score (nSPS) is 15.9. The van der Waals surface area contributed by atoms with Crippen LogP contribution in [0.2, 0.25) is 0 Å². The number of aromatic amines is 1. The Kier molecular flexibility index (Phi) is 3.19. The number of aromatic nitrogens is 4. The van der Waals surface area contributed by atoms with Crippen molar-refractivity contribution < 1.29 is 0 Å². The maximum atomic E-state index is 4.36. The Morgan fingerprint density at radius 3 is 2.47 bits per heavy atom. The van der Waals surface area contributed by atoms with E-state index < -0.39 is 0 Å². The average molecular weight is 257 g/mol. The molecule has 2 heterocycles. The van der Waals surface area contributed by atoms with E-state index in [1.807, 2.05) is 19.9 Å². The van der Waals surface area contributed by atoms with Crippen molar-refractivity contribution in [2.24, 2.45) is 0 Å². The number of nitrogens with zero attached hydrogens (tertiary/aromatic N) is 3. The van der Waals surface area contributed by atoms with Crippen molar-refractivity contribution in [3.63, 3.8) is 0 Å². The average Bonchev–Trinajstić information content (AvgIpc) is 2.96. The molecular weight excluding hydrogens is 238 g/mol. The number of aryl methyl sites for hydroxylation is 2. The predicted octanol–water partition coefficient (Wildman–Crippen LogP) is 3.22. The Morgan fingerprint density at radius 1 is 1.11 bits per heavy atom. The second kappa shape index (κ2) is 4.99. The molecule has 1 saturated carbocycles. The summed E-state index contributed by atoms with van der Waals surface area (Å²) < 4.78 is 0. The molecule has 2 aromatic rings. The van der Waals surface area contributed by atoms with E-state index >= 15 is 0 Å². The van der Waals surface area contributed by atoms with E-state index in [2.05, 4.69) is 31.5 Å². The van der Waals surface area contributed by atoms with Gasteiger partial charge in [0.1, 0.15) is 0 Å². The summed E-state index contributed by atoms with van der Waals surface area (Å²) in [6.07, 6.45) is 5.18. The van der Waals surface area contributed by atoms with Gasteiger partial charge in [-0.2, -0.15) is 5.10 Å². The molecule has 0 spiro atoms. The Hall–Kier alpha value is -1.91. The molecule has 1 fully saturated rings. The van der Waals surface area contributed by atoms with Crippen molar-refractivity contribution in [1.29, 1.82) is 0 Å². The van der Waals surface area contributed by atoms with Gasteiger partial charge < -0.3 is 5.32 Å². The third-order valence-corrected chi connectivity index (χ3v) is 3.61. The van der Waals surface area contributed by atoms with E-state index in [0.717, 1.165) is 17.2 Å². The molecule has 19 heavy (non-hydrogen) atoms. The van der Waals surface area contributed by atoms with E-state index in [-0.39, 0.29) is 0 Å². The summed E-state index contributed by atoms with van der Waals surface area (Å²) in [6.45, 7) is 3.93. The zero-order valence-electron chi connectivity index (χ0n) is 11.4. The number of H-pyrrole nitrogens is 1. The van der Waals surface area contributed by atoms with Crippen LogP contribution in [0.25, 0.3) is 0 Å². The predicted molar refractivity (Wildman–Crippen MR) is 74.6 cm³/mol. The maximum Gasteiger partial charge on any atom is 0.228 e. The highest BCUT2D eigenvalue weighted by Gasteiger charge is 2.19. The number of anilines is 2. The van der Waals surface area contributed by atoms with E-state index in [1.54, 1.807) is 0 Å². The zero-order valence-corrected chi connectivity index (χ0v) is 11.4. The van der Waals surface area contributed by atoms with Crippen LogP contribution in [-0.2, 0) is 0 Å². The van der Waals surface area contributed by atoms with Gasteiger partial charge >= 0.3 is 0 Å². The number of hydrogen-bond acceptors (Lipinski definition) is 4. The molecule has 100 valence electrons. The first-order valence-electron chi connectivity index (χ1n) is 6.85. The van der Waals surface area contributed by atoms with Gasteiger partial charge in [-0.25, -0.2) is 9.97 Å². The monoisotopic (exact) mass is 257 g/mol. The second-order valence-electron chi connectivity index (χ2n) is 5.29. The topological polar surface area (TPSA) is 66.5 Å². The fourth-order valence-corrected chi connectivity index (χ4v) is 2.74. The van der Waals surface area contributed by atoms with Crippen LogP contribution in [-0.4, -0.2) is 20.2 Å². The minimum atomic E-state index is 0.613. The Bertz CT molecular complexity index is 549. The van der Waals surface area contributed by atoms with Crippen LogP contribution in [0.15, 0.2) is 12.1 Å². The molecule has 1 aliphatic rings. The van der Waals surface area contributed by atoms with Crippen LogP contribution in [0.5, 0.6) is 0 Å². The fraction of sp³-hybridized carbons (Fsp3) is 0.500. The molecule has 1 aliphatic carbocycles. The van der Waals surface area contributed by atoms with Crippen molar-refractivity contribution in [3.8, 4) is 0 Å². The maximum absolute atomic E-state index is 4.36. The van der Waals surface area contributed by atoms with Crippen LogP contribution in [0, 0.1) is 13.8 Å². The number of nitrogens with one attached hydrogen (secondary N) is 2. The Balaban J connectivity index is 1.76. The lowest BCUT2D eigenvalue weighted by molar-refractivity contribution is 0.693. The van der Waals surface area contributed by atoms with E-state index in [1.165, 1.54) is 31.4 Å². The fourth-order valence-electron chi connectivity index (χ4n) is 2.74. The van der Waals surface area contributed by atoms with Crippen molar-refractivity contribution in [3.05, 3.63) is 29.2 Å². The summed E-state index contributed by atoms with van der Waals surface area (Å²) >= 11 is 0. The minimum absolute atomic E-state index is 0.613. The lowest BCUT2D eigenvalue weighted by Crippen LogP contribution is -2.00. The Labute approximate surface area is 112 Å². The van der Waals surface area contributed by atoms with Gasteiger partial charge in [0, 0.05) is 29.1 Å². The smallest absolute Gasteiger partial charge is 0.228 e. The first-order chi connectivity index (χ1) is 9.20. The summed E-state index contributed by atoms with van der Waals surface area (Å²) in [5, 5.41) is 10.6. The van der Waals surface area contributed by atoms with Crippen LogP contribution in [0.1, 0.15) is 48.7 Å².